The molecule has 0 radical (unpaired) electrons. The fourth-order valence-electron chi connectivity index (χ4n) is 2.00. The van der Waals surface area contributed by atoms with Crippen LogP contribution in [0.4, 0.5) is 5.69 Å². The van der Waals surface area contributed by atoms with E-state index in [1.807, 2.05) is 0 Å². The van der Waals surface area contributed by atoms with Gasteiger partial charge in [-0.3, -0.25) is 15.0 Å². The van der Waals surface area contributed by atoms with E-state index in [1.54, 1.807) is 12.1 Å². The molecule has 17 heavy (non-hydrogen) atoms. The lowest BCUT2D eigenvalue weighted by molar-refractivity contribution is -0.385. The van der Waals surface area contributed by atoms with E-state index >= 15 is 0 Å². The third kappa shape index (κ3) is 2.74. The van der Waals surface area contributed by atoms with Crippen molar-refractivity contribution in [3.63, 3.8) is 0 Å². The summed E-state index contributed by atoms with van der Waals surface area (Å²) in [5, 5.41) is 20.1. The second-order valence-corrected chi connectivity index (χ2v) is 4.71. The van der Waals surface area contributed by atoms with Crippen molar-refractivity contribution in [1.29, 1.82) is 0 Å². The van der Waals surface area contributed by atoms with E-state index in [0.717, 1.165) is 13.1 Å². The minimum Gasteiger partial charge on any atom is -0.396 e. The second-order valence-electron chi connectivity index (χ2n) is 4.27. The summed E-state index contributed by atoms with van der Waals surface area (Å²) >= 11 is 5.74. The summed E-state index contributed by atoms with van der Waals surface area (Å²) in [6, 6.07) is 4.72. The molecule has 1 aliphatic rings. The van der Waals surface area contributed by atoms with Gasteiger partial charge in [0.15, 0.2) is 0 Å². The molecule has 1 aromatic carbocycles. The molecule has 1 saturated heterocycles. The highest BCUT2D eigenvalue weighted by molar-refractivity contribution is 6.30. The molecule has 1 N–H and O–H groups in total. The van der Waals surface area contributed by atoms with Gasteiger partial charge in [0.1, 0.15) is 0 Å². The van der Waals surface area contributed by atoms with Gasteiger partial charge < -0.3 is 5.11 Å². The molecule has 92 valence electrons. The third-order valence-electron chi connectivity index (χ3n) is 2.93. The Balaban J connectivity index is 2.08. The Morgan fingerprint density at radius 1 is 1.53 bits per heavy atom. The van der Waals surface area contributed by atoms with Crippen LogP contribution in [-0.2, 0) is 6.54 Å². The van der Waals surface area contributed by atoms with Crippen LogP contribution < -0.4 is 0 Å². The van der Waals surface area contributed by atoms with Crippen molar-refractivity contribution in [2.24, 2.45) is 5.92 Å². The molecule has 1 aromatic rings. The number of halogens is 1. The van der Waals surface area contributed by atoms with Gasteiger partial charge in [0.25, 0.3) is 5.69 Å². The number of rotatable bonds is 4. The van der Waals surface area contributed by atoms with Gasteiger partial charge in [0.05, 0.1) is 4.92 Å². The van der Waals surface area contributed by atoms with Gasteiger partial charge in [0.2, 0.25) is 0 Å². The lowest BCUT2D eigenvalue weighted by Gasteiger charge is -2.38. The van der Waals surface area contributed by atoms with Crippen molar-refractivity contribution in [2.75, 3.05) is 19.7 Å². The molecule has 0 aliphatic carbocycles. The topological polar surface area (TPSA) is 66.6 Å². The van der Waals surface area contributed by atoms with Crippen LogP contribution in [0.25, 0.3) is 0 Å². The maximum absolute atomic E-state index is 10.9. The predicted octanol–water partition coefficient (Wildman–Crippen LogP) is 1.67. The fourth-order valence-corrected chi connectivity index (χ4v) is 2.17. The average molecular weight is 257 g/mol. The van der Waals surface area contributed by atoms with Gasteiger partial charge >= 0.3 is 0 Å². The molecule has 0 aromatic heterocycles. The van der Waals surface area contributed by atoms with Gasteiger partial charge in [0, 0.05) is 48.8 Å². The first-order chi connectivity index (χ1) is 8.10. The standard InChI is InChI=1S/C11H13ClN2O3/c12-10-2-1-9(11(3-10)14(16)17)6-13-4-8(5-13)7-15/h1-3,8,15H,4-7H2. The number of hydrogen-bond acceptors (Lipinski definition) is 4. The zero-order chi connectivity index (χ0) is 12.4. The third-order valence-corrected chi connectivity index (χ3v) is 3.16. The number of nitrogens with zero attached hydrogens (tertiary/aromatic N) is 2. The molecular formula is C11H13ClN2O3. The number of nitro benzene ring substituents is 1. The Morgan fingerprint density at radius 2 is 2.24 bits per heavy atom. The Hall–Kier alpha value is -1.17. The lowest BCUT2D eigenvalue weighted by Crippen LogP contribution is -2.47. The summed E-state index contributed by atoms with van der Waals surface area (Å²) in [4.78, 5) is 12.5. The van der Waals surface area contributed by atoms with Gasteiger partial charge in [-0.25, -0.2) is 0 Å². The molecule has 1 aliphatic heterocycles. The van der Waals surface area contributed by atoms with Crippen LogP contribution in [-0.4, -0.2) is 34.6 Å². The van der Waals surface area contributed by atoms with Crippen molar-refractivity contribution >= 4 is 17.3 Å². The summed E-state index contributed by atoms with van der Waals surface area (Å²) in [6.07, 6.45) is 0. The maximum Gasteiger partial charge on any atom is 0.275 e. The summed E-state index contributed by atoms with van der Waals surface area (Å²) < 4.78 is 0. The van der Waals surface area contributed by atoms with E-state index in [2.05, 4.69) is 4.90 Å². The van der Waals surface area contributed by atoms with Crippen LogP contribution >= 0.6 is 11.6 Å². The number of benzene rings is 1. The van der Waals surface area contributed by atoms with Crippen LogP contribution in [0.1, 0.15) is 5.56 Å². The number of aliphatic hydroxyl groups excluding tert-OH is 1. The number of hydrogen-bond donors (Lipinski definition) is 1. The lowest BCUT2D eigenvalue weighted by atomic mass is 10.00. The highest BCUT2D eigenvalue weighted by Gasteiger charge is 2.27. The minimum absolute atomic E-state index is 0.0601. The number of aliphatic hydroxyl groups is 1. The van der Waals surface area contributed by atoms with E-state index in [0.29, 0.717) is 23.0 Å². The van der Waals surface area contributed by atoms with E-state index in [4.69, 9.17) is 16.7 Å². The summed E-state index contributed by atoms with van der Waals surface area (Å²) in [5.74, 6) is 0.307. The van der Waals surface area contributed by atoms with Crippen LogP contribution in [0.5, 0.6) is 0 Å². The molecule has 5 nitrogen and oxygen atoms in total. The van der Waals surface area contributed by atoms with Crippen molar-refractivity contribution in [3.05, 3.63) is 38.9 Å². The molecule has 0 atom stereocenters. The molecule has 0 amide bonds. The summed E-state index contributed by atoms with van der Waals surface area (Å²) in [7, 11) is 0. The molecule has 2 rings (SSSR count). The van der Waals surface area contributed by atoms with Gasteiger partial charge in [-0.05, 0) is 12.1 Å². The molecule has 0 saturated carbocycles. The first-order valence-electron chi connectivity index (χ1n) is 5.36. The highest BCUT2D eigenvalue weighted by Crippen LogP contribution is 2.26. The summed E-state index contributed by atoms with van der Waals surface area (Å²) in [5.41, 5.74) is 0.723. The SMILES string of the molecule is O=[N+]([O-])c1cc(Cl)ccc1CN1CC(CO)C1. The van der Waals surface area contributed by atoms with Crippen LogP contribution in [0.15, 0.2) is 18.2 Å². The molecular weight excluding hydrogens is 244 g/mol. The number of nitro groups is 1. The predicted molar refractivity (Wildman–Crippen MR) is 64.0 cm³/mol. The van der Waals surface area contributed by atoms with Crippen LogP contribution in [0, 0.1) is 16.0 Å². The second kappa shape index (κ2) is 5.00. The Morgan fingerprint density at radius 3 is 2.82 bits per heavy atom. The first kappa shape index (κ1) is 12.3. The minimum atomic E-state index is -0.412. The quantitative estimate of drug-likeness (QED) is 0.657. The van der Waals surface area contributed by atoms with Gasteiger partial charge in [-0.15, -0.1) is 0 Å². The normalized spacial score (nSPS) is 16.8. The zero-order valence-corrected chi connectivity index (χ0v) is 9.93. The maximum atomic E-state index is 10.9. The molecule has 0 bridgehead atoms. The van der Waals surface area contributed by atoms with E-state index in [1.165, 1.54) is 6.07 Å². The number of likely N-dealkylation sites (tertiary alicyclic amines) is 1. The van der Waals surface area contributed by atoms with Gasteiger partial charge in [-0.2, -0.15) is 0 Å². The molecule has 1 heterocycles. The van der Waals surface area contributed by atoms with Gasteiger partial charge in [-0.1, -0.05) is 11.6 Å². The van der Waals surface area contributed by atoms with E-state index < -0.39 is 4.92 Å². The molecule has 6 heteroatoms. The van der Waals surface area contributed by atoms with Crippen molar-refractivity contribution in [2.45, 2.75) is 6.54 Å². The van der Waals surface area contributed by atoms with E-state index in [-0.39, 0.29) is 12.3 Å². The molecule has 0 unspecified atom stereocenters. The Bertz CT molecular complexity index is 433. The van der Waals surface area contributed by atoms with Crippen molar-refractivity contribution in [3.8, 4) is 0 Å². The summed E-state index contributed by atoms with van der Waals surface area (Å²) in [6.45, 7) is 2.29. The Labute approximate surface area is 104 Å². The smallest absolute Gasteiger partial charge is 0.275 e. The largest absolute Gasteiger partial charge is 0.396 e. The van der Waals surface area contributed by atoms with Crippen LogP contribution in [0.3, 0.4) is 0 Å². The zero-order valence-electron chi connectivity index (χ0n) is 9.17. The molecule has 1 fully saturated rings. The first-order valence-corrected chi connectivity index (χ1v) is 5.74. The van der Waals surface area contributed by atoms with Crippen molar-refractivity contribution < 1.29 is 10.0 Å². The monoisotopic (exact) mass is 256 g/mol. The van der Waals surface area contributed by atoms with Crippen molar-refractivity contribution in [1.82, 2.24) is 4.90 Å². The van der Waals surface area contributed by atoms with E-state index in [9.17, 15) is 10.1 Å². The Kier molecular flexibility index (Phi) is 3.61. The average Bonchev–Trinajstić information content (AvgIpc) is 2.24. The van der Waals surface area contributed by atoms with Crippen LogP contribution in [0.2, 0.25) is 5.02 Å². The fraction of sp³-hybridized carbons (Fsp3) is 0.455. The highest BCUT2D eigenvalue weighted by atomic mass is 35.5. The molecule has 0 spiro atoms.